The van der Waals surface area contributed by atoms with Crippen LogP contribution in [0.25, 0.3) is 0 Å². The second-order valence-electron chi connectivity index (χ2n) is 11.0. The van der Waals surface area contributed by atoms with Gasteiger partial charge in [0, 0.05) is 31.2 Å². The molecule has 33 heavy (non-hydrogen) atoms. The van der Waals surface area contributed by atoms with Crippen LogP contribution in [0, 0.1) is 5.92 Å². The van der Waals surface area contributed by atoms with Gasteiger partial charge < -0.3 is 9.47 Å². The largest absolute Gasteiger partial charge is 0.481 e. The van der Waals surface area contributed by atoms with Gasteiger partial charge in [0.2, 0.25) is 0 Å². The highest BCUT2D eigenvalue weighted by molar-refractivity contribution is 5.89. The molecule has 5 aliphatic rings. The second-order valence-corrected chi connectivity index (χ2v) is 11.0. The first-order valence-electron chi connectivity index (χ1n) is 12.9. The third-order valence-corrected chi connectivity index (χ3v) is 9.23. The Morgan fingerprint density at radius 3 is 2.79 bits per heavy atom. The normalized spacial score (nSPS) is 34.1. The molecule has 172 valence electrons. The number of benzene rings is 2. The number of rotatable bonds is 7. The Hall–Kier alpha value is -2.17. The van der Waals surface area contributed by atoms with E-state index in [0.717, 1.165) is 56.9 Å². The zero-order chi connectivity index (χ0) is 22.0. The molecule has 7 rings (SSSR count). The first-order valence-corrected chi connectivity index (χ1v) is 12.9. The summed E-state index contributed by atoms with van der Waals surface area (Å²) in [5.74, 6) is 2.07. The molecule has 4 atom stereocenters. The highest BCUT2D eigenvalue weighted by Gasteiger charge is 2.73. The zero-order valence-corrected chi connectivity index (χ0v) is 19.3. The van der Waals surface area contributed by atoms with Crippen LogP contribution in [-0.4, -0.2) is 48.1 Å². The number of ether oxygens (including phenoxy) is 2. The van der Waals surface area contributed by atoms with E-state index >= 15 is 0 Å². The van der Waals surface area contributed by atoms with Crippen LogP contribution in [0.4, 0.5) is 0 Å². The Labute approximate surface area is 196 Å². The molecular weight excluding hydrogens is 410 g/mol. The van der Waals surface area contributed by atoms with Crippen molar-refractivity contribution < 1.29 is 14.3 Å². The van der Waals surface area contributed by atoms with Crippen molar-refractivity contribution >= 4 is 5.78 Å². The first kappa shape index (κ1) is 20.2. The van der Waals surface area contributed by atoms with Crippen LogP contribution in [0.1, 0.15) is 55.2 Å². The van der Waals surface area contributed by atoms with Gasteiger partial charge in [-0.1, -0.05) is 42.5 Å². The van der Waals surface area contributed by atoms with E-state index in [1.54, 1.807) is 0 Å². The van der Waals surface area contributed by atoms with Gasteiger partial charge in [-0.2, -0.15) is 0 Å². The van der Waals surface area contributed by atoms with Crippen molar-refractivity contribution in [1.29, 1.82) is 0 Å². The third kappa shape index (κ3) is 2.86. The molecule has 3 aliphatic carbocycles. The summed E-state index contributed by atoms with van der Waals surface area (Å²) >= 11 is 0. The zero-order valence-electron chi connectivity index (χ0n) is 19.3. The van der Waals surface area contributed by atoms with Crippen LogP contribution in [0.2, 0.25) is 0 Å². The van der Waals surface area contributed by atoms with Crippen molar-refractivity contribution in [2.45, 2.75) is 74.5 Å². The Balaban J connectivity index is 1.26. The van der Waals surface area contributed by atoms with Crippen LogP contribution < -0.4 is 4.74 Å². The number of likely N-dealkylation sites (tertiary alicyclic amines) is 1. The van der Waals surface area contributed by atoms with Crippen LogP contribution >= 0.6 is 0 Å². The molecule has 2 aromatic carbocycles. The molecular formula is C29H33NO3. The van der Waals surface area contributed by atoms with Crippen molar-refractivity contribution in [3.8, 4) is 5.75 Å². The predicted octanol–water partition coefficient (Wildman–Crippen LogP) is 4.48. The highest BCUT2D eigenvalue weighted by Crippen LogP contribution is 2.64. The number of ketones is 1. The third-order valence-electron chi connectivity index (χ3n) is 9.23. The summed E-state index contributed by atoms with van der Waals surface area (Å²) in [5.41, 5.74) is 3.43. The fraction of sp³-hybridized carbons (Fsp3) is 0.552. The van der Waals surface area contributed by atoms with E-state index in [9.17, 15) is 4.79 Å². The monoisotopic (exact) mass is 443 g/mol. The molecule has 0 aromatic heterocycles. The van der Waals surface area contributed by atoms with Gasteiger partial charge in [-0.15, -0.1) is 0 Å². The average Bonchev–Trinajstić information content (AvgIpc) is 3.59. The summed E-state index contributed by atoms with van der Waals surface area (Å²) in [6.07, 6.45) is 7.78. The summed E-state index contributed by atoms with van der Waals surface area (Å²) < 4.78 is 13.6. The van der Waals surface area contributed by atoms with Crippen LogP contribution in [0.15, 0.2) is 48.5 Å². The number of carbonyl (C=O) groups excluding carboxylic acids is 1. The molecule has 0 N–H and O–H groups in total. The van der Waals surface area contributed by atoms with Gasteiger partial charge >= 0.3 is 0 Å². The Bertz CT molecular complexity index is 1080. The summed E-state index contributed by atoms with van der Waals surface area (Å²) in [7, 11) is 0. The molecule has 0 radical (unpaired) electrons. The Morgan fingerprint density at radius 2 is 1.94 bits per heavy atom. The quantitative estimate of drug-likeness (QED) is 0.592. The Morgan fingerprint density at radius 1 is 1.06 bits per heavy atom. The number of hydrogen-bond acceptors (Lipinski definition) is 4. The summed E-state index contributed by atoms with van der Waals surface area (Å²) in [5, 5.41) is 0. The number of nitrogens with zero attached hydrogens (tertiary/aromatic N) is 1. The van der Waals surface area contributed by atoms with Crippen LogP contribution in [0.3, 0.4) is 0 Å². The lowest BCUT2D eigenvalue weighted by Crippen LogP contribution is -2.77. The molecule has 0 amide bonds. The molecule has 3 fully saturated rings. The van der Waals surface area contributed by atoms with E-state index in [2.05, 4.69) is 53.4 Å². The molecule has 1 saturated heterocycles. The number of hydrogen-bond donors (Lipinski definition) is 0. The lowest BCUT2D eigenvalue weighted by atomic mass is 9.48. The van der Waals surface area contributed by atoms with Gasteiger partial charge in [-0.3, -0.25) is 9.69 Å². The maximum absolute atomic E-state index is 13.3. The van der Waals surface area contributed by atoms with E-state index in [1.807, 2.05) is 0 Å². The highest BCUT2D eigenvalue weighted by atomic mass is 16.5. The van der Waals surface area contributed by atoms with Crippen molar-refractivity contribution in [2.24, 2.45) is 5.92 Å². The van der Waals surface area contributed by atoms with Crippen molar-refractivity contribution in [1.82, 2.24) is 4.90 Å². The molecule has 2 bridgehead atoms. The fourth-order valence-corrected chi connectivity index (χ4v) is 7.67. The van der Waals surface area contributed by atoms with E-state index in [0.29, 0.717) is 12.5 Å². The molecule has 4 nitrogen and oxygen atoms in total. The van der Waals surface area contributed by atoms with Crippen molar-refractivity contribution in [3.63, 3.8) is 0 Å². The molecule has 2 heterocycles. The second kappa shape index (κ2) is 7.41. The molecule has 2 saturated carbocycles. The standard InChI is InChI=1S/C29H33NO3/c31-23-13-14-29(32-17-5-8-20-6-2-1-3-7-20)25-18-22-9-4-10-24-26(22)28(29,27(23)33-24)15-16-30(25)19-21-11-12-21/h1-4,6-7,9-10,21,25,27H,5,8,11-19H2/t25?,27?,28?,29-/m1/s1. The van der Waals surface area contributed by atoms with Crippen LogP contribution in [-0.2, 0) is 27.8 Å². The van der Waals surface area contributed by atoms with E-state index in [-0.39, 0.29) is 22.9 Å². The van der Waals surface area contributed by atoms with Gasteiger partial charge in [0.1, 0.15) is 5.75 Å². The minimum absolute atomic E-state index is 0.275. The van der Waals surface area contributed by atoms with Gasteiger partial charge in [-0.05, 0) is 74.6 Å². The van der Waals surface area contributed by atoms with Crippen molar-refractivity contribution in [3.05, 3.63) is 65.2 Å². The maximum atomic E-state index is 13.3. The number of piperidine rings is 1. The lowest BCUT2D eigenvalue weighted by Gasteiger charge is -2.64. The van der Waals surface area contributed by atoms with E-state index < -0.39 is 0 Å². The minimum atomic E-state index is -0.373. The van der Waals surface area contributed by atoms with Gasteiger partial charge in [0.05, 0.1) is 11.0 Å². The van der Waals surface area contributed by atoms with E-state index in [4.69, 9.17) is 9.47 Å². The molecule has 1 spiro atoms. The summed E-state index contributed by atoms with van der Waals surface area (Å²) in [4.78, 5) is 16.0. The van der Waals surface area contributed by atoms with Crippen molar-refractivity contribution in [2.75, 3.05) is 19.7 Å². The SMILES string of the molecule is O=C1CC[C@@]2(OCCCc3ccccc3)C3Cc4cccc5c4C2(CCN3CC2CC2)C1O5. The smallest absolute Gasteiger partial charge is 0.174 e. The molecule has 2 aliphatic heterocycles. The lowest BCUT2D eigenvalue weighted by molar-refractivity contribution is -0.213. The average molecular weight is 444 g/mol. The molecule has 4 heteroatoms. The number of Topliss-reactive ketones (excluding diaryl/α,β-unsaturated/α-hetero) is 1. The van der Waals surface area contributed by atoms with Gasteiger partial charge in [-0.25, -0.2) is 0 Å². The predicted molar refractivity (Wildman–Crippen MR) is 127 cm³/mol. The summed E-state index contributed by atoms with van der Waals surface area (Å²) in [6.45, 7) is 2.98. The minimum Gasteiger partial charge on any atom is -0.481 e. The fourth-order valence-electron chi connectivity index (χ4n) is 7.67. The number of aryl methyl sites for hydroxylation is 1. The first-order chi connectivity index (χ1) is 16.2. The number of carbonyl (C=O) groups is 1. The van der Waals surface area contributed by atoms with E-state index in [1.165, 1.54) is 36.1 Å². The maximum Gasteiger partial charge on any atom is 0.174 e. The van der Waals surface area contributed by atoms with Gasteiger partial charge in [0.25, 0.3) is 0 Å². The van der Waals surface area contributed by atoms with Crippen LogP contribution in [0.5, 0.6) is 5.75 Å². The summed E-state index contributed by atoms with van der Waals surface area (Å²) in [6, 6.07) is 17.5. The van der Waals surface area contributed by atoms with Gasteiger partial charge in [0.15, 0.2) is 11.9 Å². The Kier molecular flexibility index (Phi) is 4.54. The topological polar surface area (TPSA) is 38.8 Å². The molecule has 3 unspecified atom stereocenters. The molecule has 2 aromatic rings.